The van der Waals surface area contributed by atoms with Crippen LogP contribution in [0.25, 0.3) is 0 Å². The van der Waals surface area contributed by atoms with Crippen molar-refractivity contribution in [2.24, 2.45) is 0 Å². The van der Waals surface area contributed by atoms with Crippen LogP contribution in [0.4, 0.5) is 5.82 Å². The molecule has 1 rings (SSSR count). The summed E-state index contributed by atoms with van der Waals surface area (Å²) in [5.74, 6) is 1.71. The van der Waals surface area contributed by atoms with E-state index in [0.29, 0.717) is 0 Å². The third-order valence-electron chi connectivity index (χ3n) is 2.22. The van der Waals surface area contributed by atoms with Gasteiger partial charge in [0.05, 0.1) is 5.69 Å². The van der Waals surface area contributed by atoms with Crippen molar-refractivity contribution in [3.63, 3.8) is 0 Å². The van der Waals surface area contributed by atoms with Gasteiger partial charge < -0.3 is 10.3 Å². The lowest BCUT2D eigenvalue weighted by molar-refractivity contribution is 0.573. The molecule has 0 saturated carbocycles. The first-order valence-corrected chi connectivity index (χ1v) is 4.82. The maximum Gasteiger partial charge on any atom is 0.127 e. The van der Waals surface area contributed by atoms with E-state index in [0.717, 1.165) is 23.9 Å². The van der Waals surface area contributed by atoms with Crippen LogP contribution in [-0.4, -0.2) is 9.55 Å². The molecule has 0 aliphatic rings. The summed E-state index contributed by atoms with van der Waals surface area (Å²) in [6, 6.07) is 0. The van der Waals surface area contributed by atoms with Gasteiger partial charge in [0.2, 0.25) is 0 Å². The van der Waals surface area contributed by atoms with Gasteiger partial charge >= 0.3 is 0 Å². The molecule has 78 valence electrons. The van der Waals surface area contributed by atoms with Gasteiger partial charge in [-0.05, 0) is 6.92 Å². The highest BCUT2D eigenvalue weighted by Crippen LogP contribution is 2.27. The molecule has 0 saturated heterocycles. The van der Waals surface area contributed by atoms with Gasteiger partial charge in [0.1, 0.15) is 11.6 Å². The van der Waals surface area contributed by atoms with E-state index >= 15 is 0 Å². The number of nitrogens with zero attached hydrogens (tertiary/aromatic N) is 2. The van der Waals surface area contributed by atoms with E-state index in [1.807, 2.05) is 17.6 Å². The Bertz CT molecular complexity index is 342. The lowest BCUT2D eigenvalue weighted by Crippen LogP contribution is -2.15. The van der Waals surface area contributed by atoms with E-state index in [9.17, 15) is 0 Å². The van der Waals surface area contributed by atoms with Gasteiger partial charge in [-0.25, -0.2) is 4.98 Å². The number of imidazole rings is 1. The number of hydrogen-bond acceptors (Lipinski definition) is 2. The van der Waals surface area contributed by atoms with Gasteiger partial charge in [-0.15, -0.1) is 6.58 Å². The fourth-order valence-electron chi connectivity index (χ4n) is 1.49. The molecule has 3 nitrogen and oxygen atoms in total. The Hall–Kier alpha value is -1.25. The second kappa shape index (κ2) is 3.48. The summed E-state index contributed by atoms with van der Waals surface area (Å²) >= 11 is 0. The average Bonchev–Trinajstić information content (AvgIpc) is 2.31. The van der Waals surface area contributed by atoms with Gasteiger partial charge in [-0.2, -0.15) is 0 Å². The molecule has 1 aromatic heterocycles. The number of nitrogens with two attached hydrogens (primary N) is 1. The zero-order chi connectivity index (χ0) is 10.9. The monoisotopic (exact) mass is 193 g/mol. The van der Waals surface area contributed by atoms with Crippen molar-refractivity contribution in [1.82, 2.24) is 9.55 Å². The molecule has 0 aromatic carbocycles. The fourth-order valence-corrected chi connectivity index (χ4v) is 1.49. The molecule has 0 amide bonds. The molecule has 0 aliphatic heterocycles. The van der Waals surface area contributed by atoms with Crippen LogP contribution in [0.15, 0.2) is 12.7 Å². The third kappa shape index (κ3) is 1.81. The van der Waals surface area contributed by atoms with E-state index in [2.05, 4.69) is 32.3 Å². The maximum absolute atomic E-state index is 6.03. The standard InChI is InChI=1S/C11H19N3/c1-6-7-14-8(2)13-9(10(14)12)11(3,4)5/h6H,1,7,12H2,2-5H3. The van der Waals surface area contributed by atoms with Crippen LogP contribution in [0.1, 0.15) is 32.3 Å². The normalized spacial score (nSPS) is 11.7. The van der Waals surface area contributed by atoms with Gasteiger partial charge in [0.15, 0.2) is 0 Å². The first kappa shape index (κ1) is 10.8. The van der Waals surface area contributed by atoms with Gasteiger partial charge in [0.25, 0.3) is 0 Å². The van der Waals surface area contributed by atoms with Crippen molar-refractivity contribution in [3.05, 3.63) is 24.2 Å². The van der Waals surface area contributed by atoms with Crippen LogP contribution in [0.5, 0.6) is 0 Å². The molecule has 0 bridgehead atoms. The Morgan fingerprint density at radius 3 is 2.43 bits per heavy atom. The van der Waals surface area contributed by atoms with Gasteiger partial charge in [0, 0.05) is 12.0 Å². The van der Waals surface area contributed by atoms with E-state index < -0.39 is 0 Å². The van der Waals surface area contributed by atoms with Crippen molar-refractivity contribution in [2.75, 3.05) is 5.73 Å². The molecule has 2 N–H and O–H groups in total. The molecule has 0 fully saturated rings. The molecule has 0 spiro atoms. The number of nitrogen functional groups attached to an aromatic ring is 1. The summed E-state index contributed by atoms with van der Waals surface area (Å²) in [6.07, 6.45) is 1.83. The Balaban J connectivity index is 3.23. The van der Waals surface area contributed by atoms with E-state index in [1.165, 1.54) is 0 Å². The van der Waals surface area contributed by atoms with E-state index in [-0.39, 0.29) is 5.41 Å². The van der Waals surface area contributed by atoms with Crippen LogP contribution < -0.4 is 5.73 Å². The number of anilines is 1. The lowest BCUT2D eigenvalue weighted by Gasteiger charge is -2.16. The van der Waals surface area contributed by atoms with Gasteiger partial charge in [-0.3, -0.25) is 0 Å². The first-order chi connectivity index (χ1) is 6.38. The number of allylic oxidation sites excluding steroid dienone is 1. The summed E-state index contributed by atoms with van der Waals surface area (Å²) in [7, 11) is 0. The minimum absolute atomic E-state index is 0.00125. The summed E-state index contributed by atoms with van der Waals surface area (Å²) in [4.78, 5) is 4.49. The number of rotatable bonds is 2. The minimum atomic E-state index is 0.00125. The SMILES string of the molecule is C=CCn1c(C)nc(C(C)(C)C)c1N. The Labute approximate surface area is 85.6 Å². The topological polar surface area (TPSA) is 43.8 Å². The highest BCUT2D eigenvalue weighted by Gasteiger charge is 2.22. The Morgan fingerprint density at radius 1 is 1.50 bits per heavy atom. The third-order valence-corrected chi connectivity index (χ3v) is 2.22. The predicted octanol–water partition coefficient (Wildman–Crippen LogP) is 2.26. The lowest BCUT2D eigenvalue weighted by atomic mass is 9.92. The van der Waals surface area contributed by atoms with Crippen molar-refractivity contribution in [3.8, 4) is 0 Å². The highest BCUT2D eigenvalue weighted by atomic mass is 15.1. The first-order valence-electron chi connectivity index (χ1n) is 4.82. The fraction of sp³-hybridized carbons (Fsp3) is 0.545. The summed E-state index contributed by atoms with van der Waals surface area (Å²) in [6.45, 7) is 12.7. The van der Waals surface area contributed by atoms with Crippen molar-refractivity contribution < 1.29 is 0 Å². The average molecular weight is 193 g/mol. The molecule has 14 heavy (non-hydrogen) atoms. The number of aromatic nitrogens is 2. The van der Waals surface area contributed by atoms with Gasteiger partial charge in [-0.1, -0.05) is 26.8 Å². The maximum atomic E-state index is 6.03. The quantitative estimate of drug-likeness (QED) is 0.732. The van der Waals surface area contributed by atoms with Crippen molar-refractivity contribution in [2.45, 2.75) is 39.7 Å². The summed E-state index contributed by atoms with van der Waals surface area (Å²) < 4.78 is 1.98. The van der Waals surface area contributed by atoms with Crippen LogP contribution in [0.3, 0.4) is 0 Å². The minimum Gasteiger partial charge on any atom is -0.384 e. The van der Waals surface area contributed by atoms with Crippen LogP contribution >= 0.6 is 0 Å². The second-order valence-electron chi connectivity index (χ2n) is 4.54. The summed E-state index contributed by atoms with van der Waals surface area (Å²) in [5, 5.41) is 0. The second-order valence-corrected chi connectivity index (χ2v) is 4.54. The largest absolute Gasteiger partial charge is 0.384 e. The Morgan fingerprint density at radius 2 is 2.07 bits per heavy atom. The molecule has 0 aliphatic carbocycles. The molecular weight excluding hydrogens is 174 g/mol. The van der Waals surface area contributed by atoms with Crippen LogP contribution in [-0.2, 0) is 12.0 Å². The van der Waals surface area contributed by atoms with Crippen LogP contribution in [0, 0.1) is 6.92 Å². The summed E-state index contributed by atoms with van der Waals surface area (Å²) in [5.41, 5.74) is 7.00. The molecule has 1 heterocycles. The molecule has 1 aromatic rings. The molecular formula is C11H19N3. The molecule has 0 radical (unpaired) electrons. The van der Waals surface area contributed by atoms with E-state index in [1.54, 1.807) is 0 Å². The molecule has 0 unspecified atom stereocenters. The smallest absolute Gasteiger partial charge is 0.127 e. The Kier molecular flexibility index (Phi) is 2.69. The predicted molar refractivity (Wildman–Crippen MR) is 60.3 cm³/mol. The zero-order valence-corrected chi connectivity index (χ0v) is 9.46. The van der Waals surface area contributed by atoms with E-state index in [4.69, 9.17) is 5.73 Å². The number of aryl methyl sites for hydroxylation is 1. The number of hydrogen-bond donors (Lipinski definition) is 1. The highest BCUT2D eigenvalue weighted by molar-refractivity contribution is 5.42. The van der Waals surface area contributed by atoms with Crippen molar-refractivity contribution in [1.29, 1.82) is 0 Å². The van der Waals surface area contributed by atoms with Crippen LogP contribution in [0.2, 0.25) is 0 Å². The molecule has 3 heteroatoms. The van der Waals surface area contributed by atoms with Crippen molar-refractivity contribution >= 4 is 5.82 Å². The molecule has 0 atom stereocenters. The zero-order valence-electron chi connectivity index (χ0n) is 9.46.